The van der Waals surface area contributed by atoms with Crippen molar-refractivity contribution in [1.29, 1.82) is 0 Å². The van der Waals surface area contributed by atoms with Gasteiger partial charge in [-0.1, -0.05) is 18.2 Å². The normalized spacial score (nSPS) is 27.7. The Morgan fingerprint density at radius 2 is 1.68 bits per heavy atom. The maximum atomic E-state index is 12.7. The number of para-hydroxylation sites is 1. The third-order valence-corrected chi connectivity index (χ3v) is 4.32. The van der Waals surface area contributed by atoms with Gasteiger partial charge in [0.1, 0.15) is 0 Å². The summed E-state index contributed by atoms with van der Waals surface area (Å²) in [6.07, 6.45) is 0.720. The predicted molar refractivity (Wildman–Crippen MR) is 83.7 cm³/mol. The summed E-state index contributed by atoms with van der Waals surface area (Å²) >= 11 is 0. The van der Waals surface area contributed by atoms with Crippen LogP contribution in [-0.4, -0.2) is 48.1 Å². The van der Waals surface area contributed by atoms with Crippen molar-refractivity contribution in [2.75, 3.05) is 18.0 Å². The number of benzene rings is 1. The lowest BCUT2D eigenvalue weighted by atomic mass is 10.1. The summed E-state index contributed by atoms with van der Waals surface area (Å²) in [6.45, 7) is 6.77. The summed E-state index contributed by atoms with van der Waals surface area (Å²) in [4.78, 5) is 28.6. The second-order valence-corrected chi connectivity index (χ2v) is 6.32. The molecule has 0 spiro atoms. The molecule has 0 aliphatic carbocycles. The highest BCUT2D eigenvalue weighted by molar-refractivity contribution is 6.40. The standard InChI is InChI=1S/C17H22N2O3/c1-11-8-14-6-4-5-7-15(14)19(11)17(21)16(20)18-9-12(2)22-13(3)10-18/h4-7,11-13H,8-10H2,1-3H3. The molecule has 2 amide bonds. The van der Waals surface area contributed by atoms with Crippen molar-refractivity contribution in [1.82, 2.24) is 4.90 Å². The number of carbonyl (C=O) groups is 2. The Bertz CT molecular complexity index is 591. The second kappa shape index (κ2) is 5.72. The van der Waals surface area contributed by atoms with Gasteiger partial charge in [0, 0.05) is 24.8 Å². The van der Waals surface area contributed by atoms with Crippen LogP contribution < -0.4 is 4.90 Å². The zero-order valence-electron chi connectivity index (χ0n) is 13.3. The van der Waals surface area contributed by atoms with E-state index in [2.05, 4.69) is 0 Å². The maximum Gasteiger partial charge on any atom is 0.316 e. The molecule has 2 heterocycles. The predicted octanol–water partition coefficient (Wildman–Crippen LogP) is 1.60. The van der Waals surface area contributed by atoms with Crippen LogP contribution in [0.4, 0.5) is 5.69 Å². The number of hydrogen-bond donors (Lipinski definition) is 0. The largest absolute Gasteiger partial charge is 0.372 e. The first kappa shape index (κ1) is 15.0. The summed E-state index contributed by atoms with van der Waals surface area (Å²) < 4.78 is 5.63. The van der Waals surface area contributed by atoms with Crippen LogP contribution in [0.2, 0.25) is 0 Å². The van der Waals surface area contributed by atoms with Crippen molar-refractivity contribution in [3.8, 4) is 0 Å². The lowest BCUT2D eigenvalue weighted by Crippen LogP contribution is -2.54. The number of fused-ring (bicyclic) bond motifs is 1. The fraction of sp³-hybridized carbons (Fsp3) is 0.529. The topological polar surface area (TPSA) is 49.9 Å². The summed E-state index contributed by atoms with van der Waals surface area (Å²) in [5.74, 6) is -0.857. The van der Waals surface area contributed by atoms with E-state index < -0.39 is 11.8 Å². The van der Waals surface area contributed by atoms with Crippen LogP contribution in [-0.2, 0) is 20.7 Å². The van der Waals surface area contributed by atoms with Gasteiger partial charge in [0.2, 0.25) is 0 Å². The highest BCUT2D eigenvalue weighted by Gasteiger charge is 2.37. The zero-order valence-corrected chi connectivity index (χ0v) is 13.3. The van der Waals surface area contributed by atoms with Crippen LogP contribution >= 0.6 is 0 Å². The first-order chi connectivity index (χ1) is 10.5. The van der Waals surface area contributed by atoms with Gasteiger partial charge in [0.25, 0.3) is 0 Å². The van der Waals surface area contributed by atoms with Crippen LogP contribution in [0.3, 0.4) is 0 Å². The van der Waals surface area contributed by atoms with E-state index in [0.29, 0.717) is 13.1 Å². The van der Waals surface area contributed by atoms with Gasteiger partial charge >= 0.3 is 11.8 Å². The number of amides is 2. The van der Waals surface area contributed by atoms with E-state index in [1.54, 1.807) is 9.80 Å². The summed E-state index contributed by atoms with van der Waals surface area (Å²) in [6, 6.07) is 7.81. The Labute approximate surface area is 130 Å². The van der Waals surface area contributed by atoms with Crippen LogP contribution in [0.15, 0.2) is 24.3 Å². The molecule has 2 aliphatic rings. The fourth-order valence-electron chi connectivity index (χ4n) is 3.46. The molecule has 22 heavy (non-hydrogen) atoms. The number of morpholine rings is 1. The Hall–Kier alpha value is -1.88. The Morgan fingerprint density at radius 3 is 2.36 bits per heavy atom. The molecule has 3 atom stereocenters. The van der Waals surface area contributed by atoms with Gasteiger partial charge in [-0.2, -0.15) is 0 Å². The molecule has 2 aliphatic heterocycles. The monoisotopic (exact) mass is 302 g/mol. The lowest BCUT2D eigenvalue weighted by Gasteiger charge is -2.36. The quantitative estimate of drug-likeness (QED) is 0.684. The van der Waals surface area contributed by atoms with Crippen molar-refractivity contribution >= 4 is 17.5 Å². The van der Waals surface area contributed by atoms with Gasteiger partial charge in [0.15, 0.2) is 0 Å². The molecule has 5 nitrogen and oxygen atoms in total. The molecule has 0 radical (unpaired) electrons. The molecule has 0 bridgehead atoms. The van der Waals surface area contributed by atoms with Crippen LogP contribution in [0.25, 0.3) is 0 Å². The van der Waals surface area contributed by atoms with Gasteiger partial charge in [-0.3, -0.25) is 9.59 Å². The summed E-state index contributed by atoms with van der Waals surface area (Å²) in [5, 5.41) is 0. The van der Waals surface area contributed by atoms with E-state index in [4.69, 9.17) is 4.74 Å². The molecule has 3 unspecified atom stereocenters. The van der Waals surface area contributed by atoms with Crippen molar-refractivity contribution in [3.05, 3.63) is 29.8 Å². The molecular weight excluding hydrogens is 280 g/mol. The van der Waals surface area contributed by atoms with E-state index >= 15 is 0 Å². The number of anilines is 1. The minimum absolute atomic E-state index is 0.0183. The minimum atomic E-state index is -0.432. The van der Waals surface area contributed by atoms with E-state index in [1.165, 1.54) is 0 Å². The van der Waals surface area contributed by atoms with E-state index in [-0.39, 0.29) is 18.2 Å². The number of carbonyl (C=O) groups excluding carboxylic acids is 2. The smallest absolute Gasteiger partial charge is 0.316 e. The van der Waals surface area contributed by atoms with Crippen LogP contribution in [0.5, 0.6) is 0 Å². The SMILES string of the molecule is CC1CN(C(=O)C(=O)N2c3ccccc3CC2C)CC(C)O1. The molecule has 118 valence electrons. The van der Waals surface area contributed by atoms with Crippen LogP contribution in [0, 0.1) is 0 Å². The Balaban J connectivity index is 1.80. The first-order valence-corrected chi connectivity index (χ1v) is 7.83. The Kier molecular flexibility index (Phi) is 3.91. The molecule has 1 aromatic carbocycles. The number of nitrogens with zero attached hydrogens (tertiary/aromatic N) is 2. The number of hydrogen-bond acceptors (Lipinski definition) is 3. The van der Waals surface area contributed by atoms with Gasteiger partial charge < -0.3 is 14.5 Å². The molecule has 0 saturated carbocycles. The zero-order chi connectivity index (χ0) is 15.9. The number of rotatable bonds is 0. The van der Waals surface area contributed by atoms with Crippen molar-refractivity contribution in [3.63, 3.8) is 0 Å². The van der Waals surface area contributed by atoms with E-state index in [0.717, 1.165) is 17.7 Å². The highest BCUT2D eigenvalue weighted by Crippen LogP contribution is 2.32. The minimum Gasteiger partial charge on any atom is -0.372 e. The summed E-state index contributed by atoms with van der Waals surface area (Å²) in [7, 11) is 0. The van der Waals surface area contributed by atoms with Gasteiger partial charge in [-0.05, 0) is 38.8 Å². The third kappa shape index (κ3) is 2.61. The molecule has 1 aromatic rings. The molecule has 3 rings (SSSR count). The molecule has 1 fully saturated rings. The fourth-order valence-corrected chi connectivity index (χ4v) is 3.46. The molecule has 5 heteroatoms. The second-order valence-electron chi connectivity index (χ2n) is 6.32. The van der Waals surface area contributed by atoms with Gasteiger partial charge in [-0.15, -0.1) is 0 Å². The first-order valence-electron chi connectivity index (χ1n) is 7.83. The van der Waals surface area contributed by atoms with Gasteiger partial charge in [-0.25, -0.2) is 0 Å². The van der Waals surface area contributed by atoms with Gasteiger partial charge in [0.05, 0.1) is 12.2 Å². The average Bonchev–Trinajstić information content (AvgIpc) is 2.80. The van der Waals surface area contributed by atoms with E-state index in [9.17, 15) is 9.59 Å². The van der Waals surface area contributed by atoms with Crippen LogP contribution in [0.1, 0.15) is 26.3 Å². The maximum absolute atomic E-state index is 12.7. The average molecular weight is 302 g/mol. The molecule has 1 saturated heterocycles. The Morgan fingerprint density at radius 1 is 1.05 bits per heavy atom. The van der Waals surface area contributed by atoms with Crippen molar-refractivity contribution in [2.45, 2.75) is 45.4 Å². The van der Waals surface area contributed by atoms with Crippen molar-refractivity contribution in [2.24, 2.45) is 0 Å². The highest BCUT2D eigenvalue weighted by atomic mass is 16.5. The van der Waals surface area contributed by atoms with E-state index in [1.807, 2.05) is 45.0 Å². The third-order valence-electron chi connectivity index (χ3n) is 4.32. The molecular formula is C17H22N2O3. The van der Waals surface area contributed by atoms with Crippen molar-refractivity contribution < 1.29 is 14.3 Å². The lowest BCUT2D eigenvalue weighted by molar-refractivity contribution is -0.152. The molecule has 0 aromatic heterocycles. The number of ether oxygens (including phenoxy) is 1. The molecule has 0 N–H and O–H groups in total. The summed E-state index contributed by atoms with van der Waals surface area (Å²) in [5.41, 5.74) is 1.99.